The summed E-state index contributed by atoms with van der Waals surface area (Å²) in [5.74, 6) is 0.748. The van der Waals surface area contributed by atoms with Crippen LogP contribution in [0.3, 0.4) is 0 Å². The lowest BCUT2D eigenvalue weighted by Crippen LogP contribution is -2.06. The van der Waals surface area contributed by atoms with Gasteiger partial charge >= 0.3 is 0 Å². The van der Waals surface area contributed by atoms with Gasteiger partial charge in [-0.05, 0) is 91.7 Å². The number of imidazole rings is 1. The number of rotatable bonds is 12. The molecule has 0 amide bonds. The van der Waals surface area contributed by atoms with Crippen LogP contribution in [0.25, 0.3) is 38.4 Å². The second-order valence-electron chi connectivity index (χ2n) is 9.59. The Hall–Kier alpha value is -5.07. The number of aromatic nitrogens is 2. The van der Waals surface area contributed by atoms with Crippen molar-refractivity contribution in [3.05, 3.63) is 124 Å². The van der Waals surface area contributed by atoms with Crippen LogP contribution in [-0.4, -0.2) is 20.5 Å². The van der Waals surface area contributed by atoms with Gasteiger partial charge in [0.15, 0.2) is 5.82 Å². The molecule has 0 saturated carbocycles. The first kappa shape index (κ1) is 28.9. The second-order valence-corrected chi connectivity index (χ2v) is 9.59. The third kappa shape index (κ3) is 6.93. The number of aliphatic hydroxyl groups is 1. The van der Waals surface area contributed by atoms with Crippen LogP contribution >= 0.6 is 0 Å². The molecule has 0 fully saturated rings. The summed E-state index contributed by atoms with van der Waals surface area (Å²) in [6.45, 7) is 9.76. The van der Waals surface area contributed by atoms with Crippen molar-refractivity contribution in [2.45, 2.75) is 46.5 Å². The van der Waals surface area contributed by atoms with E-state index in [1.807, 2.05) is 74.5 Å². The van der Waals surface area contributed by atoms with E-state index in [9.17, 15) is 5.11 Å². The van der Waals surface area contributed by atoms with Crippen LogP contribution in [0.5, 0.6) is 0 Å². The minimum Gasteiger partial charge on any atom is -0.507 e. The molecule has 0 aliphatic heterocycles. The van der Waals surface area contributed by atoms with E-state index in [0.717, 1.165) is 64.9 Å². The number of aliphatic hydroxyl groups excluding tert-OH is 1. The van der Waals surface area contributed by atoms with Gasteiger partial charge in [-0.2, -0.15) is 0 Å². The van der Waals surface area contributed by atoms with E-state index in [1.54, 1.807) is 12.2 Å². The standard InChI is InChI=1S/C33H34N6O2/c1-5-10-27(20-16-24-14-17-25(18-15-24)28(7-3)32(40)11-6-2)35-29-21-19-26(22-23(29)4)33-36-30-12-8-9-13-31(30)39(33)41-38-37-34/h6-9,11-15,17-19,21-22,40H,2,5,10,16,20H2,1,3-4H3/b28-7-,32-11+,35-27?. The quantitative estimate of drug-likeness (QED) is 0.0364. The first-order chi connectivity index (χ1) is 20.0. The van der Waals surface area contributed by atoms with E-state index in [0.29, 0.717) is 11.3 Å². The Morgan fingerprint density at radius 2 is 1.90 bits per heavy atom. The predicted molar refractivity (Wildman–Crippen MR) is 167 cm³/mol. The van der Waals surface area contributed by atoms with E-state index in [2.05, 4.69) is 35.8 Å². The first-order valence-corrected chi connectivity index (χ1v) is 13.6. The van der Waals surface area contributed by atoms with E-state index in [4.69, 9.17) is 20.4 Å². The van der Waals surface area contributed by atoms with Crippen LogP contribution in [0.15, 0.2) is 108 Å². The van der Waals surface area contributed by atoms with Crippen LogP contribution in [0, 0.1) is 6.92 Å². The maximum Gasteiger partial charge on any atom is 0.177 e. The number of benzene rings is 3. The molecule has 0 radical (unpaired) electrons. The predicted octanol–water partition coefficient (Wildman–Crippen LogP) is 9.20. The third-order valence-corrected chi connectivity index (χ3v) is 6.75. The average Bonchev–Trinajstić information content (AvgIpc) is 3.35. The Bertz CT molecular complexity index is 1670. The summed E-state index contributed by atoms with van der Waals surface area (Å²) in [5, 5.41) is 13.6. The van der Waals surface area contributed by atoms with Gasteiger partial charge in [0.25, 0.3) is 0 Å². The van der Waals surface area contributed by atoms with E-state index >= 15 is 0 Å². The molecule has 0 bridgehead atoms. The molecule has 0 aliphatic rings. The fraction of sp³-hybridized carbons (Fsp3) is 0.212. The highest BCUT2D eigenvalue weighted by Gasteiger charge is 2.15. The Kier molecular flexibility index (Phi) is 9.75. The van der Waals surface area contributed by atoms with Gasteiger partial charge < -0.3 is 5.11 Å². The number of azide groups is 1. The smallest absolute Gasteiger partial charge is 0.177 e. The van der Waals surface area contributed by atoms with Gasteiger partial charge in [0.05, 0.1) is 11.2 Å². The zero-order chi connectivity index (χ0) is 29.2. The number of aryl methyl sites for hydroxylation is 2. The molecule has 208 valence electrons. The summed E-state index contributed by atoms with van der Waals surface area (Å²) in [4.78, 5) is 17.8. The van der Waals surface area contributed by atoms with Gasteiger partial charge in [-0.15, -0.1) is 4.73 Å². The molecule has 0 spiro atoms. The fourth-order valence-corrected chi connectivity index (χ4v) is 4.74. The number of hydrogen-bond donors (Lipinski definition) is 1. The monoisotopic (exact) mass is 546 g/mol. The molecule has 1 heterocycles. The summed E-state index contributed by atoms with van der Waals surface area (Å²) in [7, 11) is 0. The van der Waals surface area contributed by atoms with Gasteiger partial charge in [-0.25, -0.2) is 4.98 Å². The Morgan fingerprint density at radius 1 is 1.12 bits per heavy atom. The molecule has 0 saturated heterocycles. The molecule has 0 unspecified atom stereocenters. The van der Waals surface area contributed by atoms with Gasteiger partial charge in [-0.3, -0.25) is 9.93 Å². The lowest BCUT2D eigenvalue weighted by molar-refractivity contribution is 0.126. The van der Waals surface area contributed by atoms with Crippen molar-refractivity contribution < 1.29 is 10.0 Å². The van der Waals surface area contributed by atoms with Crippen molar-refractivity contribution >= 4 is 28.0 Å². The minimum absolute atomic E-state index is 0.203. The van der Waals surface area contributed by atoms with E-state index in [-0.39, 0.29) is 5.76 Å². The summed E-state index contributed by atoms with van der Waals surface area (Å²) < 4.78 is 1.44. The second kappa shape index (κ2) is 13.8. The number of aliphatic imine (C=N–C) groups is 1. The molecule has 8 heteroatoms. The van der Waals surface area contributed by atoms with Crippen LogP contribution in [0.2, 0.25) is 0 Å². The maximum absolute atomic E-state index is 10.3. The summed E-state index contributed by atoms with van der Waals surface area (Å²) in [6, 6.07) is 21.8. The summed E-state index contributed by atoms with van der Waals surface area (Å²) in [6.07, 6.45) is 8.71. The molecule has 1 N–H and O–H groups in total. The molecule has 0 atom stereocenters. The average molecular weight is 547 g/mol. The SMILES string of the molecule is C=C/C=C(O)\C(=C/C)c1ccc(CCC(CCC)=Nc2ccc(-c3nc4ccccc4n3ON=[N+]=[N-])cc2C)cc1. The Labute approximate surface area is 240 Å². The normalized spacial score (nSPS) is 12.3. The van der Waals surface area contributed by atoms with Crippen molar-refractivity contribution in [2.24, 2.45) is 10.3 Å². The van der Waals surface area contributed by atoms with Gasteiger partial charge in [-0.1, -0.05) is 68.5 Å². The number of allylic oxidation sites excluding steroid dienone is 4. The maximum atomic E-state index is 10.3. The fourth-order valence-electron chi connectivity index (χ4n) is 4.74. The number of hydrogen-bond acceptors (Lipinski definition) is 5. The summed E-state index contributed by atoms with van der Waals surface area (Å²) in [5.41, 5.74) is 17.1. The Balaban J connectivity index is 1.54. The highest BCUT2D eigenvalue weighted by atomic mass is 16.8. The lowest BCUT2D eigenvalue weighted by Gasteiger charge is -2.11. The van der Waals surface area contributed by atoms with Gasteiger partial charge in [0.1, 0.15) is 16.6 Å². The lowest BCUT2D eigenvalue weighted by atomic mass is 9.99. The molecule has 8 nitrogen and oxygen atoms in total. The molecule has 4 aromatic rings. The molecule has 3 aromatic carbocycles. The highest BCUT2D eigenvalue weighted by molar-refractivity contribution is 5.88. The van der Waals surface area contributed by atoms with E-state index in [1.165, 1.54) is 10.3 Å². The number of para-hydroxylation sites is 2. The Morgan fingerprint density at radius 3 is 2.59 bits per heavy atom. The topological polar surface area (TPSA) is 108 Å². The highest BCUT2D eigenvalue weighted by Crippen LogP contribution is 2.29. The van der Waals surface area contributed by atoms with Gasteiger partial charge in [0.2, 0.25) is 0 Å². The zero-order valence-corrected chi connectivity index (χ0v) is 23.7. The van der Waals surface area contributed by atoms with Crippen LogP contribution in [0.4, 0.5) is 5.69 Å². The van der Waals surface area contributed by atoms with E-state index < -0.39 is 0 Å². The van der Waals surface area contributed by atoms with Crippen molar-refractivity contribution in [1.29, 1.82) is 0 Å². The number of nitrogens with zero attached hydrogens (tertiary/aromatic N) is 6. The molecular formula is C33H34N6O2. The van der Waals surface area contributed by atoms with Crippen molar-refractivity contribution in [1.82, 2.24) is 9.71 Å². The van der Waals surface area contributed by atoms with Crippen molar-refractivity contribution in [3.8, 4) is 11.4 Å². The number of fused-ring (bicyclic) bond motifs is 1. The first-order valence-electron chi connectivity index (χ1n) is 13.6. The van der Waals surface area contributed by atoms with Crippen LogP contribution in [-0.2, 0) is 6.42 Å². The minimum atomic E-state index is 0.203. The van der Waals surface area contributed by atoms with Gasteiger partial charge in [0, 0.05) is 21.8 Å². The molecule has 1 aromatic heterocycles. The van der Waals surface area contributed by atoms with Crippen molar-refractivity contribution in [2.75, 3.05) is 0 Å². The van der Waals surface area contributed by atoms with Crippen LogP contribution < -0.4 is 4.94 Å². The van der Waals surface area contributed by atoms with Crippen LogP contribution in [0.1, 0.15) is 49.8 Å². The molecule has 0 aliphatic carbocycles. The summed E-state index contributed by atoms with van der Waals surface area (Å²) >= 11 is 0. The molecular weight excluding hydrogens is 512 g/mol. The zero-order valence-electron chi connectivity index (χ0n) is 23.7. The largest absolute Gasteiger partial charge is 0.507 e. The molecule has 4 rings (SSSR count). The molecule has 41 heavy (non-hydrogen) atoms. The van der Waals surface area contributed by atoms with Crippen molar-refractivity contribution in [3.63, 3.8) is 0 Å². The third-order valence-electron chi connectivity index (χ3n) is 6.75.